The smallest absolute Gasteiger partial charge is 0.307 e. The second-order valence-corrected chi connectivity index (χ2v) is 4.26. The molecule has 0 spiro atoms. The SMILES string of the molecule is O=C(O)CC1(Oc2cccc(F)c2F)CCC1. The molecule has 0 radical (unpaired) electrons. The summed E-state index contributed by atoms with van der Waals surface area (Å²) < 4.78 is 31.7. The fourth-order valence-corrected chi connectivity index (χ4v) is 1.96. The molecule has 0 saturated heterocycles. The number of hydrogen-bond acceptors (Lipinski definition) is 2. The molecule has 1 fully saturated rings. The Morgan fingerprint density at radius 3 is 2.65 bits per heavy atom. The normalized spacial score (nSPS) is 17.3. The van der Waals surface area contributed by atoms with Crippen molar-refractivity contribution in [2.75, 3.05) is 0 Å². The van der Waals surface area contributed by atoms with Gasteiger partial charge in [0, 0.05) is 0 Å². The van der Waals surface area contributed by atoms with Gasteiger partial charge in [0.2, 0.25) is 5.82 Å². The maximum absolute atomic E-state index is 13.4. The van der Waals surface area contributed by atoms with Gasteiger partial charge in [-0.1, -0.05) is 6.07 Å². The summed E-state index contributed by atoms with van der Waals surface area (Å²) in [7, 11) is 0. The minimum absolute atomic E-state index is 0.192. The molecule has 0 unspecified atom stereocenters. The van der Waals surface area contributed by atoms with Crippen LogP contribution < -0.4 is 4.74 Å². The summed E-state index contributed by atoms with van der Waals surface area (Å²) in [6, 6.07) is 3.63. The molecule has 1 aliphatic rings. The van der Waals surface area contributed by atoms with Crippen molar-refractivity contribution < 1.29 is 23.4 Å². The number of benzene rings is 1. The average molecular weight is 242 g/mol. The van der Waals surface area contributed by atoms with Crippen LogP contribution in [0, 0.1) is 11.6 Å². The van der Waals surface area contributed by atoms with Gasteiger partial charge in [-0.2, -0.15) is 4.39 Å². The Labute approximate surface area is 97.0 Å². The number of aliphatic carboxylic acids is 1. The van der Waals surface area contributed by atoms with E-state index < -0.39 is 23.2 Å². The van der Waals surface area contributed by atoms with Gasteiger partial charge in [0.15, 0.2) is 11.6 Å². The van der Waals surface area contributed by atoms with Crippen molar-refractivity contribution in [3.63, 3.8) is 0 Å². The highest BCUT2D eigenvalue weighted by Gasteiger charge is 2.42. The van der Waals surface area contributed by atoms with Gasteiger partial charge in [-0.25, -0.2) is 4.39 Å². The molecule has 2 rings (SSSR count). The monoisotopic (exact) mass is 242 g/mol. The van der Waals surface area contributed by atoms with E-state index in [9.17, 15) is 13.6 Å². The third kappa shape index (κ3) is 2.38. The van der Waals surface area contributed by atoms with Crippen LogP contribution in [0.4, 0.5) is 8.78 Å². The summed E-state index contributed by atoms with van der Waals surface area (Å²) >= 11 is 0. The van der Waals surface area contributed by atoms with Crippen molar-refractivity contribution in [3.8, 4) is 5.75 Å². The molecule has 92 valence electrons. The first-order valence-electron chi connectivity index (χ1n) is 5.37. The highest BCUT2D eigenvalue weighted by molar-refractivity contribution is 5.68. The predicted molar refractivity (Wildman–Crippen MR) is 55.8 cm³/mol. The van der Waals surface area contributed by atoms with Crippen LogP contribution in [-0.4, -0.2) is 16.7 Å². The quantitative estimate of drug-likeness (QED) is 0.883. The van der Waals surface area contributed by atoms with Crippen molar-refractivity contribution in [1.29, 1.82) is 0 Å². The zero-order chi connectivity index (χ0) is 12.5. The number of hydrogen-bond donors (Lipinski definition) is 1. The largest absolute Gasteiger partial charge is 0.483 e. The van der Waals surface area contributed by atoms with Gasteiger partial charge >= 0.3 is 5.97 Å². The molecule has 1 aliphatic carbocycles. The Hall–Kier alpha value is -1.65. The predicted octanol–water partition coefficient (Wildman–Crippen LogP) is 2.74. The Morgan fingerprint density at radius 2 is 2.12 bits per heavy atom. The van der Waals surface area contributed by atoms with Crippen molar-refractivity contribution in [2.24, 2.45) is 0 Å². The van der Waals surface area contributed by atoms with E-state index in [1.54, 1.807) is 0 Å². The highest BCUT2D eigenvalue weighted by atomic mass is 19.2. The van der Waals surface area contributed by atoms with Crippen LogP contribution >= 0.6 is 0 Å². The first kappa shape index (κ1) is 11.8. The molecular weight excluding hydrogens is 230 g/mol. The summed E-state index contributed by atoms with van der Waals surface area (Å²) in [5, 5.41) is 8.77. The van der Waals surface area contributed by atoms with E-state index >= 15 is 0 Å². The first-order chi connectivity index (χ1) is 8.02. The van der Waals surface area contributed by atoms with E-state index in [2.05, 4.69) is 0 Å². The summed E-state index contributed by atoms with van der Waals surface area (Å²) in [6.07, 6.45) is 1.75. The molecule has 17 heavy (non-hydrogen) atoms. The first-order valence-corrected chi connectivity index (χ1v) is 5.37. The van der Waals surface area contributed by atoms with E-state index in [0.717, 1.165) is 12.5 Å². The van der Waals surface area contributed by atoms with Gasteiger partial charge in [-0.15, -0.1) is 0 Å². The van der Waals surface area contributed by atoms with E-state index in [1.165, 1.54) is 12.1 Å². The lowest BCUT2D eigenvalue weighted by Gasteiger charge is -2.40. The van der Waals surface area contributed by atoms with Crippen molar-refractivity contribution in [1.82, 2.24) is 0 Å². The molecule has 1 aromatic carbocycles. The molecule has 0 bridgehead atoms. The molecule has 0 aliphatic heterocycles. The van der Waals surface area contributed by atoms with Crippen LogP contribution in [0.1, 0.15) is 25.7 Å². The third-order valence-electron chi connectivity index (χ3n) is 2.98. The molecule has 0 aromatic heterocycles. The van der Waals surface area contributed by atoms with E-state index in [4.69, 9.17) is 9.84 Å². The molecule has 5 heteroatoms. The second-order valence-electron chi connectivity index (χ2n) is 4.26. The summed E-state index contributed by atoms with van der Waals surface area (Å²) in [4.78, 5) is 10.7. The number of rotatable bonds is 4. The highest BCUT2D eigenvalue weighted by Crippen LogP contribution is 2.40. The molecule has 1 aromatic rings. The van der Waals surface area contributed by atoms with Gasteiger partial charge in [0.25, 0.3) is 0 Å². The van der Waals surface area contributed by atoms with Gasteiger partial charge in [-0.05, 0) is 31.4 Å². The van der Waals surface area contributed by atoms with Crippen molar-refractivity contribution in [3.05, 3.63) is 29.8 Å². The minimum atomic E-state index is -1.07. The van der Waals surface area contributed by atoms with Crippen molar-refractivity contribution in [2.45, 2.75) is 31.3 Å². The number of ether oxygens (including phenoxy) is 1. The fraction of sp³-hybridized carbons (Fsp3) is 0.417. The molecule has 0 atom stereocenters. The van der Waals surface area contributed by atoms with Gasteiger partial charge in [-0.3, -0.25) is 4.79 Å². The van der Waals surface area contributed by atoms with Crippen LogP contribution in [0.2, 0.25) is 0 Å². The van der Waals surface area contributed by atoms with Crippen LogP contribution in [0.15, 0.2) is 18.2 Å². The number of carboxylic acids is 1. The lowest BCUT2D eigenvalue weighted by atomic mass is 9.77. The second kappa shape index (κ2) is 4.31. The van der Waals surface area contributed by atoms with Crippen LogP contribution in [0.25, 0.3) is 0 Å². The minimum Gasteiger partial charge on any atom is -0.483 e. The lowest BCUT2D eigenvalue weighted by molar-refractivity contribution is -0.144. The number of carbonyl (C=O) groups is 1. The van der Waals surface area contributed by atoms with E-state index in [-0.39, 0.29) is 12.2 Å². The van der Waals surface area contributed by atoms with Crippen LogP contribution in [-0.2, 0) is 4.79 Å². The number of halogens is 2. The summed E-state index contributed by atoms with van der Waals surface area (Å²) in [6.45, 7) is 0. The van der Waals surface area contributed by atoms with Gasteiger partial charge < -0.3 is 9.84 Å². The maximum Gasteiger partial charge on any atom is 0.307 e. The fourth-order valence-electron chi connectivity index (χ4n) is 1.96. The Bertz CT molecular complexity index is 441. The standard InChI is InChI=1S/C12H12F2O3/c13-8-3-1-4-9(11(8)14)17-12(5-2-6-12)7-10(15)16/h1,3-4H,2,5-7H2,(H,15,16). The van der Waals surface area contributed by atoms with Crippen LogP contribution in [0.3, 0.4) is 0 Å². The lowest BCUT2D eigenvalue weighted by Crippen LogP contribution is -2.45. The van der Waals surface area contributed by atoms with Crippen LogP contribution in [0.5, 0.6) is 5.75 Å². The topological polar surface area (TPSA) is 46.5 Å². The number of carboxylic acid groups (broad SMARTS) is 1. The third-order valence-corrected chi connectivity index (χ3v) is 2.98. The molecule has 3 nitrogen and oxygen atoms in total. The Balaban J connectivity index is 2.18. The van der Waals surface area contributed by atoms with Crippen molar-refractivity contribution >= 4 is 5.97 Å². The Kier molecular flexibility index (Phi) is 3.00. The van der Waals surface area contributed by atoms with Gasteiger partial charge in [0.1, 0.15) is 5.60 Å². The van der Waals surface area contributed by atoms with Gasteiger partial charge in [0.05, 0.1) is 6.42 Å². The molecule has 1 saturated carbocycles. The zero-order valence-corrected chi connectivity index (χ0v) is 9.08. The van der Waals surface area contributed by atoms with E-state index in [1.807, 2.05) is 0 Å². The zero-order valence-electron chi connectivity index (χ0n) is 9.08. The van der Waals surface area contributed by atoms with E-state index in [0.29, 0.717) is 12.8 Å². The average Bonchev–Trinajstić information content (AvgIpc) is 2.21. The molecule has 0 amide bonds. The molecule has 1 N–H and O–H groups in total. The molecule has 0 heterocycles. The summed E-state index contributed by atoms with van der Waals surface area (Å²) in [5.41, 5.74) is -0.875. The maximum atomic E-state index is 13.4. The molecular formula is C12H12F2O3. The Morgan fingerprint density at radius 1 is 1.41 bits per heavy atom. The summed E-state index contributed by atoms with van der Waals surface area (Å²) in [5.74, 6) is -3.27.